The molecule has 5 heteroatoms. The van der Waals surface area contributed by atoms with Gasteiger partial charge in [0.25, 0.3) is 0 Å². The van der Waals surface area contributed by atoms with Crippen LogP contribution in [-0.2, 0) is 4.79 Å². The number of carbonyl (C=O) groups is 1. The van der Waals surface area contributed by atoms with Gasteiger partial charge < -0.3 is 15.4 Å². The van der Waals surface area contributed by atoms with Gasteiger partial charge in [0.1, 0.15) is 5.75 Å². The Morgan fingerprint density at radius 2 is 2.25 bits per heavy atom. The third-order valence-electron chi connectivity index (χ3n) is 2.22. The van der Waals surface area contributed by atoms with E-state index in [1.807, 2.05) is 6.92 Å². The van der Waals surface area contributed by atoms with Gasteiger partial charge in [-0.3, -0.25) is 4.79 Å². The molecule has 1 aromatic carbocycles. The predicted octanol–water partition coefficient (Wildman–Crippen LogP) is 1.66. The molecule has 1 aromatic rings. The van der Waals surface area contributed by atoms with Crippen LogP contribution in [0.4, 0.5) is 5.69 Å². The van der Waals surface area contributed by atoms with Crippen LogP contribution in [0.25, 0.3) is 0 Å². The average Bonchev–Trinajstić information content (AvgIpc) is 2.30. The van der Waals surface area contributed by atoms with Crippen molar-refractivity contribution in [1.82, 2.24) is 0 Å². The van der Waals surface area contributed by atoms with Gasteiger partial charge in [-0.25, -0.2) is 0 Å². The van der Waals surface area contributed by atoms with Crippen molar-refractivity contribution in [2.24, 2.45) is 5.73 Å². The van der Waals surface area contributed by atoms with E-state index < -0.39 is 0 Å². The summed E-state index contributed by atoms with van der Waals surface area (Å²) in [7, 11) is 1.55. The number of hydrogen-bond donors (Lipinski definition) is 1. The molecule has 0 aliphatic rings. The Morgan fingerprint density at radius 1 is 1.56 bits per heavy atom. The number of benzene rings is 1. The molecular formula is C11H15ClN2O2. The van der Waals surface area contributed by atoms with E-state index in [1.54, 1.807) is 30.2 Å². The number of methoxy groups -OCH3 is 1. The molecule has 0 radical (unpaired) electrons. The lowest BCUT2D eigenvalue weighted by atomic mass is 10.2. The lowest BCUT2D eigenvalue weighted by Gasteiger charge is -2.22. The monoisotopic (exact) mass is 242 g/mol. The Kier molecular flexibility index (Phi) is 4.58. The largest absolute Gasteiger partial charge is 0.495 e. The lowest BCUT2D eigenvalue weighted by Crippen LogP contribution is -2.36. The van der Waals surface area contributed by atoms with E-state index in [-0.39, 0.29) is 12.5 Å². The smallest absolute Gasteiger partial charge is 0.240 e. The molecule has 4 nitrogen and oxygen atoms in total. The highest BCUT2D eigenvalue weighted by Crippen LogP contribution is 2.31. The van der Waals surface area contributed by atoms with Gasteiger partial charge in [0, 0.05) is 11.6 Å². The average molecular weight is 243 g/mol. The van der Waals surface area contributed by atoms with E-state index in [0.29, 0.717) is 23.0 Å². The second kappa shape index (κ2) is 5.72. The van der Waals surface area contributed by atoms with Gasteiger partial charge in [-0.1, -0.05) is 11.6 Å². The first kappa shape index (κ1) is 12.8. The van der Waals surface area contributed by atoms with Crippen LogP contribution in [0.15, 0.2) is 18.2 Å². The number of carbonyl (C=O) groups excluding carboxylic acids is 1. The van der Waals surface area contributed by atoms with Crippen molar-refractivity contribution in [1.29, 1.82) is 0 Å². The van der Waals surface area contributed by atoms with E-state index in [9.17, 15) is 4.79 Å². The Labute approximate surface area is 99.9 Å². The van der Waals surface area contributed by atoms with Crippen LogP contribution in [0.2, 0.25) is 5.02 Å². The number of halogens is 1. The zero-order valence-electron chi connectivity index (χ0n) is 9.37. The Bertz CT molecular complexity index is 382. The minimum absolute atomic E-state index is 0.0382. The fraction of sp³-hybridized carbons (Fsp3) is 0.364. The molecule has 0 spiro atoms. The van der Waals surface area contributed by atoms with Crippen LogP contribution >= 0.6 is 11.6 Å². The molecule has 0 heterocycles. The summed E-state index contributed by atoms with van der Waals surface area (Å²) in [6.45, 7) is 2.35. The van der Waals surface area contributed by atoms with Crippen LogP contribution in [0, 0.1) is 0 Å². The van der Waals surface area contributed by atoms with Gasteiger partial charge in [-0.2, -0.15) is 0 Å². The standard InChI is InChI=1S/C11H15ClN2O2/c1-3-14(11(15)7-13)9-6-8(12)4-5-10(9)16-2/h4-6H,3,7,13H2,1-2H3. The summed E-state index contributed by atoms with van der Waals surface area (Å²) in [6, 6.07) is 5.13. The molecule has 0 atom stereocenters. The molecule has 0 aliphatic carbocycles. The van der Waals surface area contributed by atoms with Crippen molar-refractivity contribution in [3.8, 4) is 5.75 Å². The van der Waals surface area contributed by atoms with Crippen molar-refractivity contribution in [2.75, 3.05) is 25.1 Å². The summed E-state index contributed by atoms with van der Waals surface area (Å²) in [5, 5.41) is 0.555. The SMILES string of the molecule is CCN(C(=O)CN)c1cc(Cl)ccc1OC. The van der Waals surface area contributed by atoms with E-state index >= 15 is 0 Å². The van der Waals surface area contributed by atoms with E-state index in [1.165, 1.54) is 0 Å². The van der Waals surface area contributed by atoms with Gasteiger partial charge in [0.2, 0.25) is 5.91 Å². The van der Waals surface area contributed by atoms with Crippen LogP contribution in [0.3, 0.4) is 0 Å². The first-order chi connectivity index (χ1) is 7.63. The number of hydrogen-bond acceptors (Lipinski definition) is 3. The Balaban J connectivity index is 3.17. The first-order valence-electron chi connectivity index (χ1n) is 4.98. The maximum Gasteiger partial charge on any atom is 0.240 e. The van der Waals surface area contributed by atoms with Crippen LogP contribution in [0.5, 0.6) is 5.75 Å². The quantitative estimate of drug-likeness (QED) is 0.874. The van der Waals surface area contributed by atoms with E-state index in [2.05, 4.69) is 0 Å². The first-order valence-corrected chi connectivity index (χ1v) is 5.35. The van der Waals surface area contributed by atoms with Gasteiger partial charge in [-0.15, -0.1) is 0 Å². The maximum atomic E-state index is 11.6. The van der Waals surface area contributed by atoms with Crippen molar-refractivity contribution in [2.45, 2.75) is 6.92 Å². The van der Waals surface area contributed by atoms with Crippen molar-refractivity contribution >= 4 is 23.2 Å². The van der Waals surface area contributed by atoms with Crippen LogP contribution in [-0.4, -0.2) is 26.1 Å². The molecule has 16 heavy (non-hydrogen) atoms. The summed E-state index contributed by atoms with van der Waals surface area (Å²) in [5.74, 6) is 0.441. The number of nitrogens with two attached hydrogens (primary N) is 1. The highest BCUT2D eigenvalue weighted by molar-refractivity contribution is 6.31. The molecule has 0 bridgehead atoms. The molecule has 2 N–H and O–H groups in total. The Hall–Kier alpha value is -1.26. The number of amides is 1. The molecule has 0 saturated carbocycles. The summed E-state index contributed by atoms with van der Waals surface area (Å²) in [5.41, 5.74) is 6.00. The van der Waals surface area contributed by atoms with Crippen molar-refractivity contribution in [3.05, 3.63) is 23.2 Å². The molecule has 1 rings (SSSR count). The number of nitrogens with zero attached hydrogens (tertiary/aromatic N) is 1. The Morgan fingerprint density at radius 3 is 2.75 bits per heavy atom. The van der Waals surface area contributed by atoms with Crippen LogP contribution in [0.1, 0.15) is 6.92 Å². The van der Waals surface area contributed by atoms with Gasteiger partial charge in [0.05, 0.1) is 19.3 Å². The van der Waals surface area contributed by atoms with E-state index in [4.69, 9.17) is 22.1 Å². The molecular weight excluding hydrogens is 228 g/mol. The van der Waals surface area contributed by atoms with Gasteiger partial charge >= 0.3 is 0 Å². The second-order valence-electron chi connectivity index (χ2n) is 3.16. The molecule has 0 aliphatic heterocycles. The summed E-state index contributed by atoms with van der Waals surface area (Å²) < 4.78 is 5.18. The zero-order valence-corrected chi connectivity index (χ0v) is 10.1. The van der Waals surface area contributed by atoms with Crippen molar-refractivity contribution in [3.63, 3.8) is 0 Å². The molecule has 0 aromatic heterocycles. The minimum atomic E-state index is -0.164. The maximum absolute atomic E-state index is 11.6. The van der Waals surface area contributed by atoms with Gasteiger partial charge in [0.15, 0.2) is 0 Å². The third kappa shape index (κ3) is 2.65. The normalized spacial score (nSPS) is 10.0. The minimum Gasteiger partial charge on any atom is -0.495 e. The molecule has 1 amide bonds. The second-order valence-corrected chi connectivity index (χ2v) is 3.59. The highest BCUT2D eigenvalue weighted by Gasteiger charge is 2.16. The predicted molar refractivity (Wildman–Crippen MR) is 65.1 cm³/mol. The summed E-state index contributed by atoms with van der Waals surface area (Å²) in [6.07, 6.45) is 0. The molecule has 88 valence electrons. The number of rotatable bonds is 4. The summed E-state index contributed by atoms with van der Waals surface area (Å²) in [4.78, 5) is 13.2. The molecule has 0 fully saturated rings. The number of likely N-dealkylation sites (N-methyl/N-ethyl adjacent to an activating group) is 1. The summed E-state index contributed by atoms with van der Waals surface area (Å²) >= 11 is 5.90. The van der Waals surface area contributed by atoms with Crippen LogP contribution < -0.4 is 15.4 Å². The highest BCUT2D eigenvalue weighted by atomic mass is 35.5. The lowest BCUT2D eigenvalue weighted by molar-refractivity contribution is -0.117. The molecule has 0 saturated heterocycles. The fourth-order valence-corrected chi connectivity index (χ4v) is 1.63. The number of anilines is 1. The van der Waals surface area contributed by atoms with Gasteiger partial charge in [-0.05, 0) is 25.1 Å². The fourth-order valence-electron chi connectivity index (χ4n) is 1.47. The topological polar surface area (TPSA) is 55.6 Å². The zero-order chi connectivity index (χ0) is 12.1. The number of ether oxygens (including phenoxy) is 1. The van der Waals surface area contributed by atoms with E-state index in [0.717, 1.165) is 0 Å². The molecule has 0 unspecified atom stereocenters. The van der Waals surface area contributed by atoms with Crippen molar-refractivity contribution < 1.29 is 9.53 Å². The third-order valence-corrected chi connectivity index (χ3v) is 2.46.